The van der Waals surface area contributed by atoms with Gasteiger partial charge in [0.1, 0.15) is 0 Å². The average molecular weight is 243 g/mol. The number of nitrogens with two attached hydrogens (primary N) is 1. The van der Waals surface area contributed by atoms with Crippen molar-refractivity contribution in [3.05, 3.63) is 35.9 Å². The molecular formula is C11H18NO3P. The molecule has 0 bridgehead atoms. The van der Waals surface area contributed by atoms with E-state index >= 15 is 0 Å². The van der Waals surface area contributed by atoms with E-state index in [4.69, 9.17) is 15.5 Å². The van der Waals surface area contributed by atoms with Crippen molar-refractivity contribution >= 4 is 7.60 Å². The molecule has 0 unspecified atom stereocenters. The van der Waals surface area contributed by atoms with Gasteiger partial charge in [0, 0.05) is 6.04 Å². The summed E-state index contributed by atoms with van der Waals surface area (Å²) in [4.78, 5) is 17.9. The maximum absolute atomic E-state index is 11.0. The first-order valence-corrected chi connectivity index (χ1v) is 6.92. The maximum atomic E-state index is 11.0. The fourth-order valence-corrected chi connectivity index (χ4v) is 2.12. The van der Waals surface area contributed by atoms with Crippen LogP contribution in [0.1, 0.15) is 18.9 Å². The fourth-order valence-electron chi connectivity index (χ4n) is 1.58. The third kappa shape index (κ3) is 4.45. The molecule has 0 radical (unpaired) electrons. The molecular weight excluding hydrogens is 225 g/mol. The van der Waals surface area contributed by atoms with Crippen molar-refractivity contribution in [3.63, 3.8) is 0 Å². The van der Waals surface area contributed by atoms with Gasteiger partial charge in [-0.1, -0.05) is 37.3 Å². The molecule has 5 heteroatoms. The van der Waals surface area contributed by atoms with Gasteiger partial charge in [0.15, 0.2) is 0 Å². The number of hydrogen-bond donors (Lipinski definition) is 3. The monoisotopic (exact) mass is 243 g/mol. The molecule has 90 valence electrons. The molecule has 0 aliphatic carbocycles. The molecule has 0 aliphatic rings. The average Bonchev–Trinajstić information content (AvgIpc) is 2.17. The number of benzene rings is 1. The Hall–Kier alpha value is -0.670. The summed E-state index contributed by atoms with van der Waals surface area (Å²) >= 11 is 0. The first-order chi connectivity index (χ1) is 7.39. The van der Waals surface area contributed by atoms with E-state index in [1.807, 2.05) is 30.3 Å². The van der Waals surface area contributed by atoms with Crippen LogP contribution in [0.15, 0.2) is 30.3 Å². The van der Waals surface area contributed by atoms with Crippen molar-refractivity contribution < 1.29 is 14.4 Å². The van der Waals surface area contributed by atoms with Crippen molar-refractivity contribution in [3.8, 4) is 0 Å². The van der Waals surface area contributed by atoms with Gasteiger partial charge in [-0.3, -0.25) is 4.57 Å². The van der Waals surface area contributed by atoms with E-state index in [1.165, 1.54) is 6.92 Å². The Morgan fingerprint density at radius 2 is 1.88 bits per heavy atom. The molecule has 4 N–H and O–H groups in total. The SMILES string of the molecule is C[C@@H](C[C@@H](N)Cc1ccccc1)P(=O)(O)O. The Balaban J connectivity index is 2.48. The Labute approximate surface area is 95.6 Å². The lowest BCUT2D eigenvalue weighted by Gasteiger charge is -2.18. The van der Waals surface area contributed by atoms with Crippen LogP contribution in [0, 0.1) is 0 Å². The van der Waals surface area contributed by atoms with Crippen molar-refractivity contribution in [2.45, 2.75) is 31.5 Å². The van der Waals surface area contributed by atoms with Gasteiger partial charge >= 0.3 is 7.60 Å². The minimum Gasteiger partial charge on any atom is -0.327 e. The molecule has 0 heterocycles. The molecule has 0 spiro atoms. The summed E-state index contributed by atoms with van der Waals surface area (Å²) in [5.74, 6) is 0. The largest absolute Gasteiger partial charge is 0.328 e. The van der Waals surface area contributed by atoms with Crippen molar-refractivity contribution in [1.29, 1.82) is 0 Å². The molecule has 0 saturated carbocycles. The summed E-state index contributed by atoms with van der Waals surface area (Å²) in [7, 11) is -4.00. The van der Waals surface area contributed by atoms with Gasteiger partial charge in [-0.05, 0) is 18.4 Å². The Morgan fingerprint density at radius 3 is 2.38 bits per heavy atom. The Morgan fingerprint density at radius 1 is 1.31 bits per heavy atom. The van der Waals surface area contributed by atoms with Crippen LogP contribution in [0.5, 0.6) is 0 Å². The molecule has 0 amide bonds. The van der Waals surface area contributed by atoms with E-state index in [-0.39, 0.29) is 6.04 Å². The minimum atomic E-state index is -4.00. The van der Waals surface area contributed by atoms with Gasteiger partial charge < -0.3 is 15.5 Å². The van der Waals surface area contributed by atoms with Crippen molar-refractivity contribution in [1.82, 2.24) is 0 Å². The van der Waals surface area contributed by atoms with Gasteiger partial charge in [-0.25, -0.2) is 0 Å². The first-order valence-electron chi connectivity index (χ1n) is 5.24. The van der Waals surface area contributed by atoms with E-state index in [1.54, 1.807) is 0 Å². The van der Waals surface area contributed by atoms with Gasteiger partial charge in [0.25, 0.3) is 0 Å². The van der Waals surface area contributed by atoms with Crippen LogP contribution in [-0.4, -0.2) is 21.5 Å². The summed E-state index contributed by atoms with van der Waals surface area (Å²) in [6.07, 6.45) is 0.977. The van der Waals surface area contributed by atoms with Gasteiger partial charge in [-0.15, -0.1) is 0 Å². The van der Waals surface area contributed by atoms with E-state index in [9.17, 15) is 4.57 Å². The number of rotatable bonds is 5. The molecule has 2 atom stereocenters. The van der Waals surface area contributed by atoms with E-state index in [0.29, 0.717) is 12.8 Å². The smallest absolute Gasteiger partial charge is 0.327 e. The zero-order chi connectivity index (χ0) is 12.2. The third-order valence-corrected chi connectivity index (χ3v) is 3.92. The van der Waals surface area contributed by atoms with Crippen molar-refractivity contribution in [2.75, 3.05) is 0 Å². The summed E-state index contributed by atoms with van der Waals surface area (Å²) in [6, 6.07) is 9.48. The zero-order valence-corrected chi connectivity index (χ0v) is 10.2. The normalized spacial score (nSPS) is 15.8. The predicted molar refractivity (Wildman–Crippen MR) is 64.2 cm³/mol. The maximum Gasteiger partial charge on any atom is 0.328 e. The highest BCUT2D eigenvalue weighted by Crippen LogP contribution is 2.42. The van der Waals surface area contributed by atoms with Crippen molar-refractivity contribution in [2.24, 2.45) is 5.73 Å². The van der Waals surface area contributed by atoms with Gasteiger partial charge in [-0.2, -0.15) is 0 Å². The highest BCUT2D eigenvalue weighted by Gasteiger charge is 2.25. The van der Waals surface area contributed by atoms with Crippen LogP contribution in [0.2, 0.25) is 0 Å². The second-order valence-corrected chi connectivity index (χ2v) is 6.18. The standard InChI is InChI=1S/C11H18NO3P/c1-9(16(13,14)15)7-11(12)8-10-5-3-2-4-6-10/h2-6,9,11H,7-8,12H2,1H3,(H2,13,14,15)/t9-,11+/m0/s1. The lowest BCUT2D eigenvalue weighted by atomic mass is 10.0. The lowest BCUT2D eigenvalue weighted by molar-refractivity contribution is 0.353. The fraction of sp³-hybridized carbons (Fsp3) is 0.455. The van der Waals surface area contributed by atoms with Crippen LogP contribution in [0.4, 0.5) is 0 Å². The lowest BCUT2D eigenvalue weighted by Crippen LogP contribution is -2.27. The van der Waals surface area contributed by atoms with Crippen LogP contribution < -0.4 is 5.73 Å². The second-order valence-electron chi connectivity index (χ2n) is 4.12. The second kappa shape index (κ2) is 5.60. The number of hydrogen-bond acceptors (Lipinski definition) is 2. The van der Waals surface area contributed by atoms with Crippen LogP contribution in [0.3, 0.4) is 0 Å². The molecule has 0 fully saturated rings. The van der Waals surface area contributed by atoms with Gasteiger partial charge in [0.2, 0.25) is 0 Å². The Bertz CT molecular complexity index is 363. The van der Waals surface area contributed by atoms with Gasteiger partial charge in [0.05, 0.1) is 5.66 Å². The summed E-state index contributed by atoms with van der Waals surface area (Å²) in [5.41, 5.74) is 6.28. The Kier molecular flexibility index (Phi) is 4.69. The molecule has 4 nitrogen and oxygen atoms in total. The predicted octanol–water partition coefficient (Wildman–Crippen LogP) is 1.51. The minimum absolute atomic E-state index is 0.218. The highest BCUT2D eigenvalue weighted by molar-refractivity contribution is 7.52. The van der Waals surface area contributed by atoms with E-state index in [0.717, 1.165) is 5.56 Å². The van der Waals surface area contributed by atoms with Crippen LogP contribution >= 0.6 is 7.60 Å². The first kappa shape index (κ1) is 13.4. The molecule has 1 aromatic rings. The van der Waals surface area contributed by atoms with Crippen LogP contribution in [0.25, 0.3) is 0 Å². The molecule has 0 aliphatic heterocycles. The van der Waals surface area contributed by atoms with E-state index in [2.05, 4.69) is 0 Å². The van der Waals surface area contributed by atoms with E-state index < -0.39 is 13.3 Å². The summed E-state index contributed by atoms with van der Waals surface area (Å²) in [5, 5.41) is 0. The van der Waals surface area contributed by atoms with Crippen LogP contribution in [-0.2, 0) is 11.0 Å². The zero-order valence-electron chi connectivity index (χ0n) is 9.28. The summed E-state index contributed by atoms with van der Waals surface area (Å²) in [6.45, 7) is 1.53. The molecule has 16 heavy (non-hydrogen) atoms. The molecule has 0 aromatic heterocycles. The highest BCUT2D eigenvalue weighted by atomic mass is 31.2. The molecule has 1 rings (SSSR count). The molecule has 0 saturated heterocycles. The molecule has 1 aromatic carbocycles. The summed E-state index contributed by atoms with van der Waals surface area (Å²) < 4.78 is 11.0. The third-order valence-electron chi connectivity index (χ3n) is 2.56. The topological polar surface area (TPSA) is 83.6 Å². The quantitative estimate of drug-likeness (QED) is 0.684.